The zero-order valence-corrected chi connectivity index (χ0v) is 12.3. The van der Waals surface area contributed by atoms with E-state index in [2.05, 4.69) is 41.7 Å². The van der Waals surface area contributed by atoms with Crippen LogP contribution < -0.4 is 11.3 Å². The maximum Gasteiger partial charge on any atom is 0.0440 e. The van der Waals surface area contributed by atoms with Gasteiger partial charge in [-0.25, -0.2) is 0 Å². The number of likely N-dealkylation sites (tertiary alicyclic amines) is 1. The molecule has 3 N–H and O–H groups in total. The third-order valence-corrected chi connectivity index (χ3v) is 5.38. The smallest absolute Gasteiger partial charge is 0.0440 e. The topological polar surface area (TPSA) is 41.3 Å². The molecule has 2 unspecified atom stereocenters. The van der Waals surface area contributed by atoms with E-state index in [1.807, 2.05) is 11.3 Å². The highest BCUT2D eigenvalue weighted by Crippen LogP contribution is 2.30. The zero-order chi connectivity index (χ0) is 13.0. The molecule has 0 bridgehead atoms. The first-order valence-electron chi connectivity index (χ1n) is 6.94. The second-order valence-corrected chi connectivity index (χ2v) is 6.44. The maximum absolute atomic E-state index is 5.85. The molecule has 0 saturated carbocycles. The molecule has 1 aromatic rings. The van der Waals surface area contributed by atoms with Gasteiger partial charge in [-0.3, -0.25) is 16.2 Å². The molecule has 1 aliphatic heterocycles. The lowest BCUT2D eigenvalue weighted by atomic mass is 9.85. The Kier molecular flexibility index (Phi) is 4.78. The number of hydrogen-bond donors (Lipinski definition) is 2. The van der Waals surface area contributed by atoms with E-state index in [0.717, 1.165) is 12.8 Å². The van der Waals surface area contributed by atoms with Gasteiger partial charge in [0, 0.05) is 22.9 Å². The first kappa shape index (κ1) is 14.0. The summed E-state index contributed by atoms with van der Waals surface area (Å²) in [6.07, 6.45) is 4.81. The largest absolute Gasteiger partial charge is 0.296 e. The molecule has 102 valence electrons. The average Bonchev–Trinajstić information content (AvgIpc) is 3.07. The zero-order valence-electron chi connectivity index (χ0n) is 11.5. The average molecular weight is 267 g/mol. The molecule has 3 nitrogen and oxygen atoms in total. The lowest BCUT2D eigenvalue weighted by molar-refractivity contribution is 0.0844. The van der Waals surface area contributed by atoms with Crippen LogP contribution >= 0.6 is 11.3 Å². The molecule has 18 heavy (non-hydrogen) atoms. The summed E-state index contributed by atoms with van der Waals surface area (Å²) in [6, 6.07) is 4.64. The van der Waals surface area contributed by atoms with E-state index < -0.39 is 0 Å². The fourth-order valence-corrected chi connectivity index (χ4v) is 3.76. The van der Waals surface area contributed by atoms with E-state index in [4.69, 9.17) is 5.84 Å². The van der Waals surface area contributed by atoms with Crippen LogP contribution in [-0.4, -0.2) is 29.6 Å². The van der Waals surface area contributed by atoms with Crippen molar-refractivity contribution in [2.24, 2.45) is 5.84 Å². The molecule has 0 radical (unpaired) electrons. The molecular weight excluding hydrogens is 242 g/mol. The number of nitrogens with zero attached hydrogens (tertiary/aromatic N) is 1. The predicted octanol–water partition coefficient (Wildman–Crippen LogP) is 2.39. The van der Waals surface area contributed by atoms with Crippen molar-refractivity contribution in [3.63, 3.8) is 0 Å². The number of thiophene rings is 1. The quantitative estimate of drug-likeness (QED) is 0.614. The number of nitrogens with one attached hydrogen (secondary N) is 1. The van der Waals surface area contributed by atoms with Gasteiger partial charge < -0.3 is 0 Å². The molecule has 1 aromatic heterocycles. The van der Waals surface area contributed by atoms with E-state index in [1.54, 1.807) is 0 Å². The van der Waals surface area contributed by atoms with Gasteiger partial charge in [0.1, 0.15) is 0 Å². The second kappa shape index (κ2) is 6.15. The van der Waals surface area contributed by atoms with Crippen LogP contribution in [0.2, 0.25) is 0 Å². The summed E-state index contributed by atoms with van der Waals surface area (Å²) in [5, 5.41) is 2.14. The van der Waals surface area contributed by atoms with Gasteiger partial charge in [0.15, 0.2) is 0 Å². The van der Waals surface area contributed by atoms with Crippen molar-refractivity contribution in [1.29, 1.82) is 0 Å². The maximum atomic E-state index is 5.85. The van der Waals surface area contributed by atoms with Crippen molar-refractivity contribution >= 4 is 11.3 Å². The number of hydrazine groups is 1. The van der Waals surface area contributed by atoms with E-state index >= 15 is 0 Å². The van der Waals surface area contributed by atoms with Crippen molar-refractivity contribution < 1.29 is 0 Å². The summed E-state index contributed by atoms with van der Waals surface area (Å²) in [5.74, 6) is 5.85. The number of rotatable bonds is 6. The highest BCUT2D eigenvalue weighted by molar-refractivity contribution is 7.09. The molecule has 0 aromatic carbocycles. The normalized spacial score (nSPS) is 21.9. The number of nitrogens with two attached hydrogens (primary N) is 1. The fourth-order valence-electron chi connectivity index (χ4n) is 3.01. The second-order valence-electron chi connectivity index (χ2n) is 5.41. The van der Waals surface area contributed by atoms with Crippen LogP contribution in [0, 0.1) is 0 Å². The predicted molar refractivity (Wildman–Crippen MR) is 78.6 cm³/mol. The highest BCUT2D eigenvalue weighted by Gasteiger charge is 2.38. The summed E-state index contributed by atoms with van der Waals surface area (Å²) < 4.78 is 0. The minimum Gasteiger partial charge on any atom is -0.296 e. The Morgan fingerprint density at radius 2 is 2.22 bits per heavy atom. The Hall–Kier alpha value is -0.420. The van der Waals surface area contributed by atoms with E-state index in [9.17, 15) is 0 Å². The molecule has 2 rings (SSSR count). The van der Waals surface area contributed by atoms with Crippen LogP contribution in [0.4, 0.5) is 0 Å². The van der Waals surface area contributed by atoms with Gasteiger partial charge in [0.05, 0.1) is 0 Å². The molecule has 0 spiro atoms. The standard InChI is InChI=1S/C14H25N3S/c1-3-14(2,17-8-4-5-9-17)13(16-15)11-12-7-6-10-18-12/h6-7,10,13,16H,3-5,8-9,11,15H2,1-2H3. The molecule has 2 heterocycles. The van der Waals surface area contributed by atoms with Crippen molar-refractivity contribution in [2.75, 3.05) is 13.1 Å². The van der Waals surface area contributed by atoms with Gasteiger partial charge in [-0.2, -0.15) is 0 Å². The summed E-state index contributed by atoms with van der Waals surface area (Å²) in [5.41, 5.74) is 3.24. The molecular formula is C14H25N3S. The number of hydrogen-bond acceptors (Lipinski definition) is 4. The molecule has 0 aliphatic carbocycles. The van der Waals surface area contributed by atoms with Crippen LogP contribution in [-0.2, 0) is 6.42 Å². The van der Waals surface area contributed by atoms with Crippen LogP contribution in [0.3, 0.4) is 0 Å². The Bertz CT molecular complexity index is 346. The van der Waals surface area contributed by atoms with Gasteiger partial charge >= 0.3 is 0 Å². The highest BCUT2D eigenvalue weighted by atomic mass is 32.1. The van der Waals surface area contributed by atoms with Gasteiger partial charge in [-0.1, -0.05) is 13.0 Å². The molecule has 0 amide bonds. The minimum atomic E-state index is 0.162. The molecule has 4 heteroatoms. The Balaban J connectivity index is 2.11. The van der Waals surface area contributed by atoms with Crippen LogP contribution in [0.25, 0.3) is 0 Å². The Labute approximate surface area is 114 Å². The van der Waals surface area contributed by atoms with Crippen LogP contribution in [0.15, 0.2) is 17.5 Å². The summed E-state index contributed by atoms with van der Waals surface area (Å²) in [4.78, 5) is 4.03. The monoisotopic (exact) mass is 267 g/mol. The summed E-state index contributed by atoms with van der Waals surface area (Å²) >= 11 is 1.82. The third-order valence-electron chi connectivity index (χ3n) is 4.48. The first-order chi connectivity index (χ1) is 8.70. The molecule has 1 aliphatic rings. The van der Waals surface area contributed by atoms with Crippen molar-refractivity contribution in [1.82, 2.24) is 10.3 Å². The molecule has 2 atom stereocenters. The van der Waals surface area contributed by atoms with Gasteiger partial charge in [0.25, 0.3) is 0 Å². The SMILES string of the molecule is CCC(C)(C(Cc1cccs1)NN)N1CCCC1. The molecule has 1 fully saturated rings. The summed E-state index contributed by atoms with van der Waals surface area (Å²) in [7, 11) is 0. The minimum absolute atomic E-state index is 0.162. The van der Waals surface area contributed by atoms with Crippen molar-refractivity contribution in [2.45, 2.75) is 51.1 Å². The Morgan fingerprint density at radius 1 is 1.50 bits per heavy atom. The van der Waals surface area contributed by atoms with E-state index in [1.165, 1.54) is 30.8 Å². The lowest BCUT2D eigenvalue weighted by Crippen LogP contribution is -2.60. The Morgan fingerprint density at radius 3 is 2.72 bits per heavy atom. The van der Waals surface area contributed by atoms with Crippen LogP contribution in [0.5, 0.6) is 0 Å². The fraction of sp³-hybridized carbons (Fsp3) is 0.714. The van der Waals surface area contributed by atoms with Crippen molar-refractivity contribution in [3.05, 3.63) is 22.4 Å². The van der Waals surface area contributed by atoms with Gasteiger partial charge in [0.2, 0.25) is 0 Å². The van der Waals surface area contributed by atoms with E-state index in [0.29, 0.717) is 6.04 Å². The lowest BCUT2D eigenvalue weighted by Gasteiger charge is -2.44. The third kappa shape index (κ3) is 2.77. The molecule has 1 saturated heterocycles. The van der Waals surface area contributed by atoms with Crippen molar-refractivity contribution in [3.8, 4) is 0 Å². The van der Waals surface area contributed by atoms with E-state index in [-0.39, 0.29) is 5.54 Å². The summed E-state index contributed by atoms with van der Waals surface area (Å²) in [6.45, 7) is 7.06. The first-order valence-corrected chi connectivity index (χ1v) is 7.82. The van der Waals surface area contributed by atoms with Gasteiger partial charge in [-0.05, 0) is 50.7 Å². The van der Waals surface area contributed by atoms with Gasteiger partial charge in [-0.15, -0.1) is 11.3 Å². The van der Waals surface area contributed by atoms with Crippen LogP contribution in [0.1, 0.15) is 38.0 Å².